The molecule has 0 aromatic carbocycles. The molecular weight excluding hydrogens is 482 g/mol. The topological polar surface area (TPSA) is 12.0 Å². The summed E-state index contributed by atoms with van der Waals surface area (Å²) in [4.78, 5) is 0. The largest absolute Gasteiger partial charge is 0.314 e. The molecule has 0 heterocycles. The van der Waals surface area contributed by atoms with Crippen molar-refractivity contribution in [2.75, 3.05) is 6.54 Å². The summed E-state index contributed by atoms with van der Waals surface area (Å²) in [5.74, 6) is 0. The number of rotatable bonds is 36. The van der Waals surface area contributed by atoms with E-state index in [4.69, 9.17) is 0 Å². The smallest absolute Gasteiger partial charge is 0.00669 e. The average molecular weight is 564 g/mol. The third kappa shape index (κ3) is 34.2. The van der Waals surface area contributed by atoms with Crippen molar-refractivity contribution in [1.29, 1.82) is 0 Å². The van der Waals surface area contributed by atoms with Crippen molar-refractivity contribution in [2.24, 2.45) is 0 Å². The number of nitrogens with one attached hydrogen (secondary N) is 1. The fourth-order valence-corrected chi connectivity index (χ4v) is 6.51. The van der Waals surface area contributed by atoms with Crippen LogP contribution >= 0.6 is 0 Å². The molecule has 0 aliphatic heterocycles. The van der Waals surface area contributed by atoms with Gasteiger partial charge in [0.05, 0.1) is 0 Å². The van der Waals surface area contributed by atoms with Crippen LogP contribution in [0, 0.1) is 0 Å². The lowest BCUT2D eigenvalue weighted by Gasteiger charge is -2.17. The molecule has 0 fully saturated rings. The van der Waals surface area contributed by atoms with Gasteiger partial charge in [0.15, 0.2) is 0 Å². The van der Waals surface area contributed by atoms with Crippen LogP contribution in [-0.4, -0.2) is 12.6 Å². The minimum absolute atomic E-state index is 0.781. The van der Waals surface area contributed by atoms with Crippen molar-refractivity contribution in [1.82, 2.24) is 5.32 Å². The van der Waals surface area contributed by atoms with E-state index >= 15 is 0 Å². The van der Waals surface area contributed by atoms with Crippen LogP contribution in [0.25, 0.3) is 0 Å². The fourth-order valence-electron chi connectivity index (χ4n) is 6.51. The van der Waals surface area contributed by atoms with Gasteiger partial charge >= 0.3 is 0 Å². The molecule has 0 aliphatic rings. The van der Waals surface area contributed by atoms with E-state index in [9.17, 15) is 0 Å². The van der Waals surface area contributed by atoms with E-state index in [1.165, 1.54) is 218 Å². The first-order chi connectivity index (χ1) is 19.8. The first-order valence-electron chi connectivity index (χ1n) is 19.6. The van der Waals surface area contributed by atoms with Gasteiger partial charge in [0, 0.05) is 6.04 Å². The van der Waals surface area contributed by atoms with Crippen LogP contribution in [0.2, 0.25) is 0 Å². The lowest BCUT2D eigenvalue weighted by atomic mass is 9.99. The molecule has 0 aromatic rings. The molecule has 1 heteroatoms. The fraction of sp³-hybridized carbons (Fsp3) is 1.00. The van der Waals surface area contributed by atoms with Gasteiger partial charge in [-0.1, -0.05) is 226 Å². The molecule has 0 amide bonds. The summed E-state index contributed by atoms with van der Waals surface area (Å²) in [5, 5.41) is 3.79. The monoisotopic (exact) mass is 564 g/mol. The van der Waals surface area contributed by atoms with Gasteiger partial charge < -0.3 is 5.32 Å². The second-order valence-electron chi connectivity index (χ2n) is 13.4. The molecule has 0 saturated carbocycles. The van der Waals surface area contributed by atoms with Crippen LogP contribution in [0.3, 0.4) is 0 Å². The summed E-state index contributed by atoms with van der Waals surface area (Å²) in [7, 11) is 0. The Hall–Kier alpha value is -0.0400. The summed E-state index contributed by atoms with van der Waals surface area (Å²) in [6.07, 6.45) is 49.7. The van der Waals surface area contributed by atoms with Gasteiger partial charge in [0.2, 0.25) is 0 Å². The first-order valence-corrected chi connectivity index (χ1v) is 19.6. The maximum absolute atomic E-state index is 3.79. The van der Waals surface area contributed by atoms with Crippen molar-refractivity contribution in [2.45, 2.75) is 245 Å². The second kappa shape index (κ2) is 37.0. The molecule has 242 valence electrons. The maximum Gasteiger partial charge on any atom is 0.00669 e. The van der Waals surface area contributed by atoms with Gasteiger partial charge in [-0.05, 0) is 19.4 Å². The Morgan fingerprint density at radius 1 is 0.275 bits per heavy atom. The molecule has 0 spiro atoms. The Kier molecular flexibility index (Phi) is 36.9. The highest BCUT2D eigenvalue weighted by atomic mass is 14.9. The van der Waals surface area contributed by atoms with E-state index in [0.717, 1.165) is 12.6 Å². The number of unbranched alkanes of at least 4 members (excludes halogenated alkanes) is 30. The van der Waals surface area contributed by atoms with Crippen molar-refractivity contribution < 1.29 is 0 Å². The van der Waals surface area contributed by atoms with E-state index < -0.39 is 0 Å². The molecule has 0 bridgehead atoms. The van der Waals surface area contributed by atoms with Gasteiger partial charge in [-0.2, -0.15) is 0 Å². The van der Waals surface area contributed by atoms with Crippen LogP contribution in [-0.2, 0) is 0 Å². The van der Waals surface area contributed by atoms with Gasteiger partial charge in [0.1, 0.15) is 0 Å². The summed E-state index contributed by atoms with van der Waals surface area (Å²) in [6.45, 7) is 8.05. The Labute approximate surface area is 256 Å². The zero-order valence-electron chi connectivity index (χ0n) is 28.8. The predicted molar refractivity (Wildman–Crippen MR) is 186 cm³/mol. The molecule has 0 radical (unpaired) electrons. The number of hydrogen-bond acceptors (Lipinski definition) is 1. The van der Waals surface area contributed by atoms with E-state index in [0.29, 0.717) is 0 Å². The van der Waals surface area contributed by atoms with E-state index in [1.807, 2.05) is 0 Å². The maximum atomic E-state index is 3.79. The quantitative estimate of drug-likeness (QED) is 0.0747. The zero-order valence-corrected chi connectivity index (χ0v) is 28.8. The Bertz CT molecular complexity index is 383. The van der Waals surface area contributed by atoms with Crippen LogP contribution in [0.5, 0.6) is 0 Å². The first kappa shape index (κ1) is 40.0. The Morgan fingerprint density at radius 3 is 0.675 bits per heavy atom. The Morgan fingerprint density at radius 2 is 0.475 bits per heavy atom. The Balaban J connectivity index is 3.35. The summed E-state index contributed by atoms with van der Waals surface area (Å²) >= 11 is 0. The number of hydrogen-bond donors (Lipinski definition) is 1. The minimum Gasteiger partial charge on any atom is -0.314 e. The van der Waals surface area contributed by atoms with Gasteiger partial charge in [-0.25, -0.2) is 0 Å². The lowest BCUT2D eigenvalue weighted by molar-refractivity contribution is 0.418. The molecule has 0 unspecified atom stereocenters. The van der Waals surface area contributed by atoms with Crippen molar-refractivity contribution in [3.05, 3.63) is 0 Å². The molecule has 1 nitrogen and oxygen atoms in total. The molecule has 0 aromatic heterocycles. The summed E-state index contributed by atoms with van der Waals surface area (Å²) in [6, 6.07) is 0.781. The van der Waals surface area contributed by atoms with E-state index in [2.05, 4.69) is 26.1 Å². The van der Waals surface area contributed by atoms with E-state index in [1.54, 1.807) is 0 Å². The summed E-state index contributed by atoms with van der Waals surface area (Å²) < 4.78 is 0. The van der Waals surface area contributed by atoms with Crippen LogP contribution in [0.4, 0.5) is 0 Å². The van der Waals surface area contributed by atoms with E-state index in [-0.39, 0.29) is 0 Å². The molecule has 0 aliphatic carbocycles. The molecule has 0 atom stereocenters. The average Bonchev–Trinajstić information content (AvgIpc) is 2.96. The van der Waals surface area contributed by atoms with Crippen LogP contribution < -0.4 is 5.32 Å². The molecule has 0 rings (SSSR count). The summed E-state index contributed by atoms with van der Waals surface area (Å²) in [5.41, 5.74) is 0. The highest BCUT2D eigenvalue weighted by molar-refractivity contribution is 4.66. The molecule has 40 heavy (non-hydrogen) atoms. The van der Waals surface area contributed by atoms with Crippen molar-refractivity contribution in [3.63, 3.8) is 0 Å². The minimum atomic E-state index is 0.781. The highest BCUT2D eigenvalue weighted by Crippen LogP contribution is 2.17. The third-order valence-corrected chi connectivity index (χ3v) is 9.31. The highest BCUT2D eigenvalue weighted by Gasteiger charge is 2.06. The van der Waals surface area contributed by atoms with Gasteiger partial charge in [-0.15, -0.1) is 0 Å². The standard InChI is InChI=1S/C39H81N/c1-4-7-9-11-13-15-17-19-21-23-25-27-29-31-33-35-37-39(40-6-3)38-36-34-32-30-28-26-24-22-20-18-16-14-12-10-8-5-2/h39-40H,4-38H2,1-3H3. The predicted octanol–water partition coefficient (Wildman–Crippen LogP) is 14.3. The van der Waals surface area contributed by atoms with Gasteiger partial charge in [-0.3, -0.25) is 0 Å². The normalized spacial score (nSPS) is 11.7. The molecule has 1 N–H and O–H groups in total. The third-order valence-electron chi connectivity index (χ3n) is 9.31. The van der Waals surface area contributed by atoms with Crippen LogP contribution in [0.1, 0.15) is 239 Å². The van der Waals surface area contributed by atoms with Crippen LogP contribution in [0.15, 0.2) is 0 Å². The van der Waals surface area contributed by atoms with Crippen molar-refractivity contribution >= 4 is 0 Å². The molecule has 0 saturated heterocycles. The molecular formula is C39H81N. The zero-order chi connectivity index (χ0) is 29.0. The SMILES string of the molecule is CCCCCCCCCCCCCCCCCCC(CCCCCCCCCCCCCCCCCC)NCC. The lowest BCUT2D eigenvalue weighted by Crippen LogP contribution is -2.28. The second-order valence-corrected chi connectivity index (χ2v) is 13.4. The van der Waals surface area contributed by atoms with Gasteiger partial charge in [0.25, 0.3) is 0 Å². The van der Waals surface area contributed by atoms with Crippen molar-refractivity contribution in [3.8, 4) is 0 Å².